The molecular formula is C52H30N4. The van der Waals surface area contributed by atoms with E-state index in [0.29, 0.717) is 0 Å². The minimum atomic E-state index is 0.977. The second kappa shape index (κ2) is 11.0. The molecule has 0 aliphatic carbocycles. The van der Waals surface area contributed by atoms with E-state index in [-0.39, 0.29) is 0 Å². The summed E-state index contributed by atoms with van der Waals surface area (Å²) >= 11 is 0. The predicted molar refractivity (Wildman–Crippen MR) is 233 cm³/mol. The third-order valence-corrected chi connectivity index (χ3v) is 12.0. The number of hydrogen-bond donors (Lipinski definition) is 0. The number of pyridine rings is 2. The van der Waals surface area contributed by atoms with Gasteiger partial charge in [-0.05, 0) is 70.8 Å². The third kappa shape index (κ3) is 4.02. The summed E-state index contributed by atoms with van der Waals surface area (Å²) in [4.78, 5) is 10.5. The minimum absolute atomic E-state index is 0.977. The zero-order valence-electron chi connectivity index (χ0n) is 30.1. The SMILES string of the molecule is c1ccc(-c2ccc3c(c2)c2cc(-c4ccccc4)nc4c5cc6c7cc(-c8ccccc8)cc8c9cc(-c%10ccccc%10)ncc9n(c6cc5n3c24)c87)cc1. The fourth-order valence-corrected chi connectivity index (χ4v) is 9.46. The largest absolute Gasteiger partial charge is 0.306 e. The molecule has 0 aliphatic rings. The Balaban J connectivity index is 1.18. The van der Waals surface area contributed by atoms with Gasteiger partial charge >= 0.3 is 0 Å². The van der Waals surface area contributed by atoms with Gasteiger partial charge in [0.05, 0.1) is 56.2 Å². The molecule has 258 valence electrons. The molecule has 0 atom stereocenters. The number of fused-ring (bicyclic) bond motifs is 12. The van der Waals surface area contributed by atoms with Crippen LogP contribution in [0.3, 0.4) is 0 Å². The van der Waals surface area contributed by atoms with Gasteiger partial charge in [-0.1, -0.05) is 127 Å². The first-order chi connectivity index (χ1) is 27.8. The summed E-state index contributed by atoms with van der Waals surface area (Å²) in [6, 6.07) is 63.6. The fourth-order valence-electron chi connectivity index (χ4n) is 9.46. The highest BCUT2D eigenvalue weighted by Crippen LogP contribution is 2.47. The van der Waals surface area contributed by atoms with Crippen LogP contribution < -0.4 is 0 Å². The summed E-state index contributed by atoms with van der Waals surface area (Å²) in [5, 5.41) is 8.51. The van der Waals surface area contributed by atoms with Crippen molar-refractivity contribution in [3.05, 3.63) is 182 Å². The molecule has 0 saturated heterocycles. The molecule has 0 amide bonds. The van der Waals surface area contributed by atoms with Gasteiger partial charge in [0.25, 0.3) is 0 Å². The summed E-state index contributed by atoms with van der Waals surface area (Å²) in [6.07, 6.45) is 2.07. The van der Waals surface area contributed by atoms with Gasteiger partial charge in [-0.3, -0.25) is 4.98 Å². The van der Waals surface area contributed by atoms with Gasteiger partial charge in [-0.2, -0.15) is 0 Å². The van der Waals surface area contributed by atoms with Crippen molar-refractivity contribution in [3.63, 3.8) is 0 Å². The summed E-state index contributed by atoms with van der Waals surface area (Å²) in [5.41, 5.74) is 17.1. The maximum Gasteiger partial charge on any atom is 0.0977 e. The molecule has 13 aromatic rings. The molecule has 7 aromatic carbocycles. The van der Waals surface area contributed by atoms with Crippen molar-refractivity contribution in [2.24, 2.45) is 0 Å². The lowest BCUT2D eigenvalue weighted by Gasteiger charge is -2.06. The maximum absolute atomic E-state index is 5.49. The van der Waals surface area contributed by atoms with Crippen LogP contribution in [0.2, 0.25) is 0 Å². The summed E-state index contributed by atoms with van der Waals surface area (Å²) < 4.78 is 4.91. The van der Waals surface area contributed by atoms with Crippen molar-refractivity contribution < 1.29 is 0 Å². The Morgan fingerprint density at radius 1 is 0.304 bits per heavy atom. The Labute approximate surface area is 320 Å². The number of benzene rings is 7. The topological polar surface area (TPSA) is 34.6 Å². The van der Waals surface area contributed by atoms with Gasteiger partial charge in [0.1, 0.15) is 0 Å². The van der Waals surface area contributed by atoms with Gasteiger partial charge in [-0.25, -0.2) is 4.98 Å². The number of aromatic nitrogens is 4. The monoisotopic (exact) mass is 710 g/mol. The van der Waals surface area contributed by atoms with Crippen LogP contribution in [0, 0.1) is 0 Å². The zero-order chi connectivity index (χ0) is 36.5. The van der Waals surface area contributed by atoms with E-state index in [1.165, 1.54) is 76.6 Å². The van der Waals surface area contributed by atoms with E-state index in [0.717, 1.165) is 44.5 Å². The quantitative estimate of drug-likeness (QED) is 0.182. The standard InChI is InChI=1S/C52H30N4/c1-5-13-31(14-6-1)35-21-22-46-37(23-35)42-28-45(34-19-11-4-12-20-34)54-50-43-26-38-40-24-36(32-15-7-2-8-16-32)25-41-39-27-44(33-17-9-3-10-18-33)53-30-49(39)56(51(40)41)47(38)29-48(43)55(46)52(42)50/h1-30H. The minimum Gasteiger partial charge on any atom is -0.306 e. The molecule has 0 saturated carbocycles. The highest BCUT2D eigenvalue weighted by molar-refractivity contribution is 6.29. The highest BCUT2D eigenvalue weighted by atomic mass is 15.0. The Hall–Kier alpha value is -7.56. The van der Waals surface area contributed by atoms with Gasteiger partial charge in [0.2, 0.25) is 0 Å². The molecule has 0 fully saturated rings. The molecule has 0 radical (unpaired) electrons. The molecule has 0 aliphatic heterocycles. The van der Waals surface area contributed by atoms with Crippen molar-refractivity contribution in [2.45, 2.75) is 0 Å². The average Bonchev–Trinajstić information content (AvgIpc) is 3.99. The normalized spacial score (nSPS) is 12.3. The van der Waals surface area contributed by atoms with E-state index in [9.17, 15) is 0 Å². The van der Waals surface area contributed by atoms with Crippen molar-refractivity contribution in [3.8, 4) is 44.8 Å². The number of rotatable bonds is 4. The molecule has 56 heavy (non-hydrogen) atoms. The number of hydrogen-bond acceptors (Lipinski definition) is 2. The molecule has 0 bridgehead atoms. The Morgan fingerprint density at radius 2 is 0.804 bits per heavy atom. The first kappa shape index (κ1) is 29.8. The predicted octanol–water partition coefficient (Wildman–Crippen LogP) is 13.4. The van der Waals surface area contributed by atoms with Crippen LogP contribution >= 0.6 is 0 Å². The van der Waals surface area contributed by atoms with Gasteiger partial charge in [0, 0.05) is 48.8 Å². The van der Waals surface area contributed by atoms with E-state index in [1.54, 1.807) is 0 Å². The molecule has 13 rings (SSSR count). The zero-order valence-corrected chi connectivity index (χ0v) is 30.1. The van der Waals surface area contributed by atoms with Crippen molar-refractivity contribution in [1.29, 1.82) is 0 Å². The lowest BCUT2D eigenvalue weighted by molar-refractivity contribution is 1.30. The highest BCUT2D eigenvalue weighted by Gasteiger charge is 2.25. The molecule has 0 N–H and O–H groups in total. The van der Waals surface area contributed by atoms with Crippen LogP contribution in [0.5, 0.6) is 0 Å². The average molecular weight is 711 g/mol. The summed E-state index contributed by atoms with van der Waals surface area (Å²) in [6.45, 7) is 0. The van der Waals surface area contributed by atoms with Crippen LogP contribution in [0.4, 0.5) is 0 Å². The van der Waals surface area contributed by atoms with E-state index in [4.69, 9.17) is 9.97 Å². The summed E-state index contributed by atoms with van der Waals surface area (Å²) in [5.74, 6) is 0. The third-order valence-electron chi connectivity index (χ3n) is 12.0. The Bertz CT molecular complexity index is 3420. The van der Waals surface area contributed by atoms with E-state index in [2.05, 4.69) is 191 Å². The van der Waals surface area contributed by atoms with Gasteiger partial charge < -0.3 is 8.80 Å². The molecule has 0 spiro atoms. The van der Waals surface area contributed by atoms with Crippen LogP contribution in [-0.2, 0) is 0 Å². The van der Waals surface area contributed by atoms with E-state index in [1.807, 2.05) is 0 Å². The lowest BCUT2D eigenvalue weighted by Crippen LogP contribution is -1.87. The van der Waals surface area contributed by atoms with Crippen molar-refractivity contribution in [1.82, 2.24) is 18.8 Å². The fraction of sp³-hybridized carbons (Fsp3) is 0. The van der Waals surface area contributed by atoms with Crippen LogP contribution in [-0.4, -0.2) is 18.8 Å². The Kier molecular flexibility index (Phi) is 5.86. The van der Waals surface area contributed by atoms with Crippen LogP contribution in [0.15, 0.2) is 182 Å². The van der Waals surface area contributed by atoms with E-state index < -0.39 is 0 Å². The maximum atomic E-state index is 5.49. The van der Waals surface area contributed by atoms with Gasteiger partial charge in [0.15, 0.2) is 0 Å². The van der Waals surface area contributed by atoms with E-state index >= 15 is 0 Å². The first-order valence-electron chi connectivity index (χ1n) is 19.2. The molecule has 4 heteroatoms. The second-order valence-corrected chi connectivity index (χ2v) is 15.0. The molecular weight excluding hydrogens is 681 g/mol. The molecule has 6 aromatic heterocycles. The first-order valence-corrected chi connectivity index (χ1v) is 19.2. The van der Waals surface area contributed by atoms with Crippen LogP contribution in [0.1, 0.15) is 0 Å². The van der Waals surface area contributed by atoms with Crippen molar-refractivity contribution in [2.75, 3.05) is 0 Å². The summed E-state index contributed by atoms with van der Waals surface area (Å²) in [7, 11) is 0. The molecule has 6 heterocycles. The number of nitrogens with zero attached hydrogens (tertiary/aromatic N) is 4. The van der Waals surface area contributed by atoms with Crippen LogP contribution in [0.25, 0.3) is 121 Å². The second-order valence-electron chi connectivity index (χ2n) is 15.0. The molecule has 0 unspecified atom stereocenters. The lowest BCUT2D eigenvalue weighted by atomic mass is 9.98. The Morgan fingerprint density at radius 3 is 1.48 bits per heavy atom. The van der Waals surface area contributed by atoms with Gasteiger partial charge in [-0.15, -0.1) is 0 Å². The smallest absolute Gasteiger partial charge is 0.0977 e. The van der Waals surface area contributed by atoms with Crippen molar-refractivity contribution >= 4 is 76.3 Å². The molecule has 4 nitrogen and oxygen atoms in total.